The van der Waals surface area contributed by atoms with Gasteiger partial charge in [-0.25, -0.2) is 0 Å². The molecule has 0 fully saturated rings. The molecule has 2 N–H and O–H groups in total. The van der Waals surface area contributed by atoms with E-state index < -0.39 is 0 Å². The van der Waals surface area contributed by atoms with Crippen LogP contribution in [-0.4, -0.2) is 0 Å². The Morgan fingerprint density at radius 3 is 1.89 bits per heavy atom. The molecule has 0 radical (unpaired) electrons. The predicted molar refractivity (Wildman–Crippen MR) is 54.0 cm³/mol. The molecule has 0 spiro atoms. The Kier molecular flexibility index (Phi) is 88.3. The van der Waals surface area contributed by atoms with E-state index >= 15 is 0 Å². The molecule has 0 aromatic heterocycles. The third kappa shape index (κ3) is 36.4. The quantitative estimate of drug-likeness (QED) is 0.418. The number of allylic oxidation sites excluding steroid dienone is 1. The van der Waals surface area contributed by atoms with Crippen molar-refractivity contribution in [2.45, 2.75) is 13.3 Å². The van der Waals surface area contributed by atoms with Crippen molar-refractivity contribution in [2.24, 2.45) is 0 Å². The van der Waals surface area contributed by atoms with E-state index in [4.69, 9.17) is 10.1 Å². The molecule has 12 heteroatoms. The molecule has 0 amide bonds. The van der Waals surface area contributed by atoms with Crippen molar-refractivity contribution in [3.8, 4) is 0 Å². The monoisotopic (exact) mass is 581 g/mol. The van der Waals surface area contributed by atoms with Gasteiger partial charge >= 0.3 is 118 Å². The standard InChI is InChI=1S/C6H8N2.4ClH.5Cu.H2N/c1-2-6-5-7-3-4-8-6;;;;;;;;;;/h3-5H,2H2,1H3;4*1H;;;;;;1H2/q-2;;;;;3*+1;2*+2;-1/p-2. The summed E-state index contributed by atoms with van der Waals surface area (Å²) >= 11 is 8.30. The van der Waals surface area contributed by atoms with Gasteiger partial charge in [0.25, 0.3) is 0 Å². The van der Waals surface area contributed by atoms with Gasteiger partial charge in [-0.1, -0.05) is 13.3 Å². The summed E-state index contributed by atoms with van der Waals surface area (Å²) in [6, 6.07) is 0. The molecule has 1 aliphatic heterocycles. The zero-order valence-corrected chi connectivity index (χ0v) is 16.3. The first-order valence-corrected chi connectivity index (χ1v) is 8.55. The van der Waals surface area contributed by atoms with Crippen LogP contribution in [0.15, 0.2) is 24.3 Å². The molecule has 0 aliphatic carbocycles. The van der Waals surface area contributed by atoms with E-state index in [-0.39, 0.29) is 40.3 Å². The number of nitrogens with zero attached hydrogens (tertiary/aromatic N) is 2. The molecule has 3 nitrogen and oxygen atoms in total. The van der Waals surface area contributed by atoms with Crippen molar-refractivity contribution in [2.75, 3.05) is 0 Å². The van der Waals surface area contributed by atoms with Crippen molar-refractivity contribution in [3.05, 3.63) is 41.1 Å². The van der Waals surface area contributed by atoms with Crippen LogP contribution in [0.4, 0.5) is 0 Å². The van der Waals surface area contributed by atoms with Crippen LogP contribution >= 0.6 is 20.2 Å². The maximum absolute atomic E-state index is 4.72. The van der Waals surface area contributed by atoms with E-state index in [1.807, 2.05) is 0 Å². The number of halogens is 4. The molecule has 18 heavy (non-hydrogen) atoms. The van der Waals surface area contributed by atoms with Crippen LogP contribution in [0.5, 0.6) is 0 Å². The van der Waals surface area contributed by atoms with E-state index in [0.717, 1.165) is 25.3 Å². The molecule has 132 valence electrons. The van der Waals surface area contributed by atoms with E-state index in [0.29, 0.717) is 0 Å². The van der Waals surface area contributed by atoms with Crippen molar-refractivity contribution in [3.63, 3.8) is 0 Å². The maximum Gasteiger partial charge on any atom is 1.00 e. The van der Waals surface area contributed by atoms with Gasteiger partial charge < -0.3 is 16.8 Å². The van der Waals surface area contributed by atoms with Gasteiger partial charge in [0, 0.05) is 0 Å². The Bertz CT molecular complexity index is 164. The molecule has 0 atom stereocenters. The third-order valence-corrected chi connectivity index (χ3v) is 0.979. The Labute approximate surface area is 170 Å². The van der Waals surface area contributed by atoms with E-state index in [2.05, 4.69) is 78.1 Å². The molecule has 0 unspecified atom stereocenters. The first-order chi connectivity index (χ1) is 7.35. The van der Waals surface area contributed by atoms with Gasteiger partial charge in [0.1, 0.15) is 0 Å². The molecule has 1 aliphatic rings. The molecule has 0 saturated heterocycles. The SMILES string of the molecule is CCC1=C[N-]C=C[N-]1.[ClH+][Cu].[Cl][Cu+].[Cl][Cu][ClH+].[Cu+].[Cu+].[NH2-]. The van der Waals surface area contributed by atoms with E-state index in [1.165, 1.54) is 0 Å². The average molecular weight is 586 g/mol. The molecule has 1 rings (SSSR count). The molecule has 0 aromatic rings. The van der Waals surface area contributed by atoms with Crippen LogP contribution in [-0.2, 0) is 77.5 Å². The summed E-state index contributed by atoms with van der Waals surface area (Å²) in [5.41, 5.74) is 1.05. The molecule has 0 bridgehead atoms. The molecular formula is C6H12Cl4Cu5N3+2. The molecule has 0 aromatic carbocycles. The van der Waals surface area contributed by atoms with Gasteiger partial charge in [0.15, 0.2) is 0 Å². The largest absolute Gasteiger partial charge is 1.00 e. The summed E-state index contributed by atoms with van der Waals surface area (Å²) in [4.78, 5) is 0. The van der Waals surface area contributed by atoms with Gasteiger partial charge in [-0.2, -0.15) is 24.3 Å². The van der Waals surface area contributed by atoms with Crippen molar-refractivity contribution in [1.82, 2.24) is 0 Å². The van der Waals surface area contributed by atoms with Gasteiger partial charge in [-0.3, -0.25) is 0 Å². The Balaban J connectivity index is -0.0000000317. The molecular weight excluding hydrogens is 574 g/mol. The van der Waals surface area contributed by atoms with Crippen LogP contribution in [0.2, 0.25) is 0 Å². The number of hydrogen-bond acceptors (Lipinski definition) is 0. The normalized spacial score (nSPS) is 9.28. The Hall–Kier alpha value is 2.80. The second-order valence-corrected chi connectivity index (χ2v) is 3.28. The van der Waals surface area contributed by atoms with Crippen LogP contribution < -0.4 is 0 Å². The van der Waals surface area contributed by atoms with Crippen LogP contribution in [0, 0.1) is 20.2 Å². The number of hydrogen-bond donors (Lipinski definition) is 0. The summed E-state index contributed by atoms with van der Waals surface area (Å²) < 4.78 is 0. The van der Waals surface area contributed by atoms with Crippen molar-refractivity contribution in [1.29, 1.82) is 0 Å². The Morgan fingerprint density at radius 1 is 1.33 bits per heavy atom. The topological polar surface area (TPSA) is 61.7 Å². The minimum absolute atomic E-state index is 0. The smallest absolute Gasteiger partial charge is 0.693 e. The third-order valence-electron chi connectivity index (χ3n) is 0.979. The summed E-state index contributed by atoms with van der Waals surface area (Å²) in [7, 11) is 16.6. The molecule has 0 saturated carbocycles. The molecule has 1 heterocycles. The zero-order valence-electron chi connectivity index (χ0n) is 8.49. The van der Waals surface area contributed by atoms with E-state index in [1.54, 1.807) is 18.6 Å². The van der Waals surface area contributed by atoms with Gasteiger partial charge in [-0.15, -0.1) is 0 Å². The first kappa shape index (κ1) is 37.2. The summed E-state index contributed by atoms with van der Waals surface area (Å²) in [6.45, 7) is 2.06. The predicted octanol–water partition coefficient (Wildman–Crippen LogP) is 4.02. The van der Waals surface area contributed by atoms with E-state index in [9.17, 15) is 0 Å². The maximum atomic E-state index is 4.72. The van der Waals surface area contributed by atoms with Gasteiger partial charge in [0.2, 0.25) is 0 Å². The first-order valence-electron chi connectivity index (χ1n) is 3.15. The minimum atomic E-state index is 0. The second kappa shape index (κ2) is 42.7. The average Bonchev–Trinajstić information content (AvgIpc) is 2.36. The van der Waals surface area contributed by atoms with Gasteiger partial charge in [0.05, 0.1) is 0 Å². The zero-order chi connectivity index (χ0) is 12.5. The van der Waals surface area contributed by atoms with Crippen LogP contribution in [0.1, 0.15) is 13.3 Å². The fourth-order valence-corrected chi connectivity index (χ4v) is 0.513. The van der Waals surface area contributed by atoms with Gasteiger partial charge in [-0.05, 0) is 0 Å². The fourth-order valence-electron chi connectivity index (χ4n) is 0.513. The second-order valence-electron chi connectivity index (χ2n) is 1.60. The number of rotatable bonds is 1. The van der Waals surface area contributed by atoms with Crippen LogP contribution in [0.25, 0.3) is 16.8 Å². The van der Waals surface area contributed by atoms with Crippen molar-refractivity contribution >= 4 is 20.2 Å². The summed E-state index contributed by atoms with van der Waals surface area (Å²) in [5, 5.41) is 7.93. The minimum Gasteiger partial charge on any atom is -0.693 e. The van der Waals surface area contributed by atoms with Crippen LogP contribution in [0.3, 0.4) is 0 Å². The summed E-state index contributed by atoms with van der Waals surface area (Å²) in [6.07, 6.45) is 6.13. The number of nitrogens with two attached hydrogens (primary N) is 1. The summed E-state index contributed by atoms with van der Waals surface area (Å²) in [5.74, 6) is 0. The Morgan fingerprint density at radius 2 is 1.72 bits per heavy atom. The fraction of sp³-hybridized carbons (Fsp3) is 0.333. The van der Waals surface area contributed by atoms with Crippen molar-refractivity contribution < 1.29 is 97.7 Å².